The Bertz CT molecular complexity index is 538. The highest BCUT2D eigenvalue weighted by molar-refractivity contribution is 5.73. The van der Waals surface area contributed by atoms with E-state index in [1.807, 2.05) is 41.5 Å². The van der Waals surface area contributed by atoms with E-state index in [1.54, 1.807) is 4.90 Å². The van der Waals surface area contributed by atoms with Crippen molar-refractivity contribution in [1.29, 1.82) is 0 Å². The smallest absolute Gasteiger partial charge is 0.410 e. The van der Waals surface area contributed by atoms with Crippen LogP contribution in [0.3, 0.4) is 0 Å². The van der Waals surface area contributed by atoms with Gasteiger partial charge in [-0.05, 0) is 54.9 Å². The SMILES string of the molecule is CC1CN(C(=O)OC(C)(C)C)CCN1C1CNCC(C(=O)OC(C)(C)C)C1. The van der Waals surface area contributed by atoms with Crippen molar-refractivity contribution in [1.82, 2.24) is 15.1 Å². The molecule has 0 aromatic rings. The Kier molecular flexibility index (Phi) is 6.79. The van der Waals surface area contributed by atoms with Gasteiger partial charge in [0.2, 0.25) is 0 Å². The Balaban J connectivity index is 1.91. The average Bonchev–Trinajstić information content (AvgIpc) is 2.51. The van der Waals surface area contributed by atoms with E-state index in [0.717, 1.165) is 19.5 Å². The highest BCUT2D eigenvalue weighted by atomic mass is 16.6. The molecule has 7 heteroatoms. The lowest BCUT2D eigenvalue weighted by Crippen LogP contribution is -2.61. The van der Waals surface area contributed by atoms with Crippen LogP contribution in [0, 0.1) is 5.92 Å². The number of nitrogens with zero attached hydrogens (tertiary/aromatic N) is 2. The van der Waals surface area contributed by atoms with Crippen molar-refractivity contribution in [2.45, 2.75) is 78.2 Å². The van der Waals surface area contributed by atoms with Crippen molar-refractivity contribution in [3.05, 3.63) is 0 Å². The molecule has 3 atom stereocenters. The Labute approximate surface area is 163 Å². The minimum atomic E-state index is -0.481. The monoisotopic (exact) mass is 383 g/mol. The van der Waals surface area contributed by atoms with Crippen LogP contribution >= 0.6 is 0 Å². The predicted octanol–water partition coefficient (Wildman–Crippen LogP) is 2.25. The number of hydrogen-bond acceptors (Lipinski definition) is 6. The highest BCUT2D eigenvalue weighted by Gasteiger charge is 2.37. The molecule has 7 nitrogen and oxygen atoms in total. The molecule has 2 rings (SSSR count). The summed E-state index contributed by atoms with van der Waals surface area (Å²) in [4.78, 5) is 29.0. The van der Waals surface area contributed by atoms with Crippen molar-refractivity contribution in [3.63, 3.8) is 0 Å². The summed E-state index contributed by atoms with van der Waals surface area (Å²) in [6.07, 6.45) is 0.543. The van der Waals surface area contributed by atoms with Crippen LogP contribution in [0.2, 0.25) is 0 Å². The molecule has 0 aromatic heterocycles. The first-order valence-corrected chi connectivity index (χ1v) is 10.0. The first-order chi connectivity index (χ1) is 12.4. The summed E-state index contributed by atoms with van der Waals surface area (Å²) in [6, 6.07) is 0.488. The zero-order valence-electron chi connectivity index (χ0n) is 18.0. The molecule has 1 amide bonds. The van der Waals surface area contributed by atoms with Crippen molar-refractivity contribution in [3.8, 4) is 0 Å². The van der Waals surface area contributed by atoms with Crippen LogP contribution in [0.25, 0.3) is 0 Å². The van der Waals surface area contributed by atoms with Crippen LogP contribution in [-0.4, -0.2) is 77.9 Å². The first-order valence-electron chi connectivity index (χ1n) is 10.0. The van der Waals surface area contributed by atoms with E-state index >= 15 is 0 Å². The zero-order chi connectivity index (χ0) is 20.4. The molecule has 27 heavy (non-hydrogen) atoms. The van der Waals surface area contributed by atoms with Crippen LogP contribution < -0.4 is 5.32 Å². The van der Waals surface area contributed by atoms with E-state index in [1.165, 1.54) is 0 Å². The maximum Gasteiger partial charge on any atom is 0.410 e. The van der Waals surface area contributed by atoms with Gasteiger partial charge in [0.25, 0.3) is 0 Å². The summed E-state index contributed by atoms with van der Waals surface area (Å²) in [7, 11) is 0. The fourth-order valence-electron chi connectivity index (χ4n) is 3.74. The topological polar surface area (TPSA) is 71.1 Å². The molecular weight excluding hydrogens is 346 g/mol. The number of piperidine rings is 1. The standard InChI is InChI=1S/C20H37N3O4/c1-14-13-22(18(25)27-20(5,6)7)8-9-23(14)16-10-15(11-21-12-16)17(24)26-19(2,3)4/h14-16,21H,8-13H2,1-7H3. The Morgan fingerprint density at radius 1 is 0.963 bits per heavy atom. The fraction of sp³-hybridized carbons (Fsp3) is 0.900. The number of carbonyl (C=O) groups excluding carboxylic acids is 2. The summed E-state index contributed by atoms with van der Waals surface area (Å²) in [6.45, 7) is 17.1. The van der Waals surface area contributed by atoms with E-state index in [2.05, 4.69) is 17.1 Å². The maximum absolute atomic E-state index is 12.4. The fourth-order valence-corrected chi connectivity index (χ4v) is 3.74. The summed E-state index contributed by atoms with van der Waals surface area (Å²) >= 11 is 0. The summed E-state index contributed by atoms with van der Waals surface area (Å²) in [5, 5.41) is 3.39. The van der Waals surface area contributed by atoms with Gasteiger partial charge in [-0.15, -0.1) is 0 Å². The van der Waals surface area contributed by atoms with Crippen LogP contribution in [0.5, 0.6) is 0 Å². The molecule has 3 unspecified atom stereocenters. The first kappa shape index (κ1) is 22.0. The lowest BCUT2D eigenvalue weighted by atomic mass is 9.93. The van der Waals surface area contributed by atoms with Crippen molar-refractivity contribution < 1.29 is 19.1 Å². The van der Waals surface area contributed by atoms with Crippen molar-refractivity contribution in [2.24, 2.45) is 5.92 Å². The second-order valence-electron chi connectivity index (χ2n) is 9.79. The lowest BCUT2D eigenvalue weighted by molar-refractivity contribution is -0.161. The van der Waals surface area contributed by atoms with Gasteiger partial charge in [0.05, 0.1) is 5.92 Å². The van der Waals surface area contributed by atoms with Crippen molar-refractivity contribution in [2.75, 3.05) is 32.7 Å². The molecule has 2 saturated heterocycles. The highest BCUT2D eigenvalue weighted by Crippen LogP contribution is 2.24. The molecular formula is C20H37N3O4. The Morgan fingerprint density at radius 2 is 1.59 bits per heavy atom. The van der Waals surface area contributed by atoms with Gasteiger partial charge in [0.15, 0.2) is 0 Å². The van der Waals surface area contributed by atoms with Gasteiger partial charge in [0.1, 0.15) is 11.2 Å². The second-order valence-corrected chi connectivity index (χ2v) is 9.79. The van der Waals surface area contributed by atoms with Gasteiger partial charge < -0.3 is 19.7 Å². The second kappa shape index (κ2) is 8.35. The van der Waals surface area contributed by atoms with Gasteiger partial charge in [-0.3, -0.25) is 9.69 Å². The van der Waals surface area contributed by atoms with Gasteiger partial charge in [-0.1, -0.05) is 0 Å². The van der Waals surface area contributed by atoms with Crippen LogP contribution in [0.15, 0.2) is 0 Å². The lowest BCUT2D eigenvalue weighted by Gasteiger charge is -2.46. The van der Waals surface area contributed by atoms with E-state index in [9.17, 15) is 9.59 Å². The molecule has 0 radical (unpaired) electrons. The van der Waals surface area contributed by atoms with Gasteiger partial charge >= 0.3 is 12.1 Å². The third-order valence-electron chi connectivity index (χ3n) is 4.87. The zero-order valence-corrected chi connectivity index (χ0v) is 18.0. The molecule has 0 bridgehead atoms. The van der Waals surface area contributed by atoms with Gasteiger partial charge in [0, 0.05) is 44.8 Å². The molecule has 0 saturated carbocycles. The number of ether oxygens (including phenoxy) is 2. The predicted molar refractivity (Wildman–Crippen MR) is 105 cm³/mol. The van der Waals surface area contributed by atoms with Crippen LogP contribution in [0.4, 0.5) is 4.79 Å². The van der Waals surface area contributed by atoms with Gasteiger partial charge in [-0.2, -0.15) is 0 Å². The van der Waals surface area contributed by atoms with E-state index in [-0.39, 0.29) is 30.1 Å². The Hall–Kier alpha value is -1.34. The third-order valence-corrected chi connectivity index (χ3v) is 4.87. The number of piperazine rings is 1. The van der Waals surface area contributed by atoms with E-state index in [4.69, 9.17) is 9.47 Å². The molecule has 2 fully saturated rings. The molecule has 0 aliphatic carbocycles. The molecule has 2 aliphatic rings. The minimum absolute atomic E-state index is 0.125. The number of rotatable bonds is 2. The molecule has 2 heterocycles. The minimum Gasteiger partial charge on any atom is -0.460 e. The average molecular weight is 384 g/mol. The number of carbonyl (C=O) groups is 2. The molecule has 1 N–H and O–H groups in total. The number of hydrogen-bond donors (Lipinski definition) is 1. The van der Waals surface area contributed by atoms with Crippen LogP contribution in [0.1, 0.15) is 54.9 Å². The normalized spacial score (nSPS) is 28.0. The number of amides is 1. The van der Waals surface area contributed by atoms with E-state index < -0.39 is 11.2 Å². The number of nitrogens with one attached hydrogen (secondary N) is 1. The summed E-state index contributed by atoms with van der Waals surface area (Å²) in [5.41, 5.74) is -0.943. The van der Waals surface area contributed by atoms with E-state index in [0.29, 0.717) is 19.6 Å². The summed E-state index contributed by atoms with van der Waals surface area (Å²) < 4.78 is 11.1. The number of esters is 1. The molecule has 2 aliphatic heterocycles. The van der Waals surface area contributed by atoms with Crippen molar-refractivity contribution >= 4 is 12.1 Å². The maximum atomic E-state index is 12.4. The van der Waals surface area contributed by atoms with Crippen LogP contribution in [-0.2, 0) is 14.3 Å². The molecule has 156 valence electrons. The third kappa shape index (κ3) is 6.64. The molecule has 0 aromatic carbocycles. The largest absolute Gasteiger partial charge is 0.460 e. The Morgan fingerprint density at radius 3 is 2.15 bits per heavy atom. The van der Waals surface area contributed by atoms with Gasteiger partial charge in [-0.25, -0.2) is 4.79 Å². The molecule has 0 spiro atoms. The quantitative estimate of drug-likeness (QED) is 0.738. The summed E-state index contributed by atoms with van der Waals surface area (Å²) in [5.74, 6) is -0.251.